The van der Waals surface area contributed by atoms with Gasteiger partial charge in [0.25, 0.3) is 0 Å². The van der Waals surface area contributed by atoms with Crippen LogP contribution in [0.3, 0.4) is 0 Å². The van der Waals surface area contributed by atoms with Gasteiger partial charge >= 0.3 is 11.9 Å². The number of hydrogen-bond donors (Lipinski definition) is 0. The van der Waals surface area contributed by atoms with Crippen LogP contribution in [-0.2, 0) is 14.3 Å². The third kappa shape index (κ3) is 3.24. The highest BCUT2D eigenvalue weighted by molar-refractivity contribution is 6.13. The Balaban J connectivity index is 3.27. The Hall–Kier alpha value is -2.50. The van der Waals surface area contributed by atoms with Crippen molar-refractivity contribution in [3.8, 4) is 0 Å². The first-order valence-corrected chi connectivity index (χ1v) is 4.92. The predicted octanol–water partition coefficient (Wildman–Crippen LogP) is 1.16. The van der Waals surface area contributed by atoms with Gasteiger partial charge in [0.05, 0.1) is 37.2 Å². The predicted molar refractivity (Wildman–Crippen MR) is 63.3 cm³/mol. The lowest BCUT2D eigenvalue weighted by molar-refractivity contribution is -0.102. The minimum atomic E-state index is -0.608. The number of carbonyl (C=O) groups excluding carboxylic acids is 3. The lowest BCUT2D eigenvalue weighted by Crippen LogP contribution is -2.06. The number of ether oxygens (including phenoxy) is 2. The molecule has 0 aliphatic heterocycles. The highest BCUT2D eigenvalue weighted by Crippen LogP contribution is 2.19. The van der Waals surface area contributed by atoms with Crippen LogP contribution in [0.2, 0.25) is 0 Å². The van der Waals surface area contributed by atoms with E-state index in [9.17, 15) is 14.4 Å². The maximum Gasteiger partial charge on any atom is 0.337 e. The average Bonchev–Trinajstić information content (AvgIpc) is 2.42. The van der Waals surface area contributed by atoms with Crippen LogP contribution in [0.15, 0.2) is 23.2 Å². The number of methoxy groups -OCH3 is 2. The third-order valence-corrected chi connectivity index (χ3v) is 2.04. The highest BCUT2D eigenvalue weighted by atomic mass is 16.5. The van der Waals surface area contributed by atoms with Crippen molar-refractivity contribution in [3.63, 3.8) is 0 Å². The van der Waals surface area contributed by atoms with Crippen molar-refractivity contribution < 1.29 is 23.9 Å². The van der Waals surface area contributed by atoms with Gasteiger partial charge in [-0.2, -0.15) is 0 Å². The molecular weight excluding hydrogens is 238 g/mol. The van der Waals surface area contributed by atoms with Gasteiger partial charge in [0.1, 0.15) is 0 Å². The molecule has 0 saturated heterocycles. The van der Waals surface area contributed by atoms with E-state index in [1.54, 1.807) is 0 Å². The van der Waals surface area contributed by atoms with E-state index >= 15 is 0 Å². The summed E-state index contributed by atoms with van der Waals surface area (Å²) >= 11 is 0. The van der Waals surface area contributed by atoms with Crippen LogP contribution < -0.4 is 0 Å². The van der Waals surface area contributed by atoms with Crippen molar-refractivity contribution in [2.24, 2.45) is 4.99 Å². The molecule has 0 radical (unpaired) electrons. The molecule has 0 saturated carbocycles. The molecule has 1 aromatic carbocycles. The summed E-state index contributed by atoms with van der Waals surface area (Å²) in [5, 5.41) is 0. The molecule has 0 amide bonds. The highest BCUT2D eigenvalue weighted by Gasteiger charge is 2.13. The fourth-order valence-electron chi connectivity index (χ4n) is 1.27. The van der Waals surface area contributed by atoms with Gasteiger partial charge in [-0.3, -0.25) is 9.79 Å². The Morgan fingerprint density at radius 1 is 1.06 bits per heavy atom. The van der Waals surface area contributed by atoms with Crippen molar-refractivity contribution in [2.75, 3.05) is 14.2 Å². The van der Waals surface area contributed by atoms with Gasteiger partial charge in [0, 0.05) is 0 Å². The molecule has 0 unspecified atom stereocenters. The van der Waals surface area contributed by atoms with Crippen LogP contribution >= 0.6 is 0 Å². The summed E-state index contributed by atoms with van der Waals surface area (Å²) in [4.78, 5) is 36.8. The molecule has 18 heavy (non-hydrogen) atoms. The Labute approximate surface area is 103 Å². The Morgan fingerprint density at radius 3 is 1.94 bits per heavy atom. The van der Waals surface area contributed by atoms with Gasteiger partial charge in [0.15, 0.2) is 6.29 Å². The molecule has 0 bridgehead atoms. The molecule has 1 rings (SSSR count). The number of aldehydes is 1. The van der Waals surface area contributed by atoms with Crippen molar-refractivity contribution in [1.29, 1.82) is 0 Å². The van der Waals surface area contributed by atoms with Crippen molar-refractivity contribution in [3.05, 3.63) is 29.3 Å². The van der Waals surface area contributed by atoms with Gasteiger partial charge in [-0.1, -0.05) is 0 Å². The van der Waals surface area contributed by atoms with E-state index in [0.717, 1.165) is 6.21 Å². The SMILES string of the molecule is COC(=O)c1cc(N=CC=O)cc(C(=O)OC)c1. The average molecular weight is 249 g/mol. The molecule has 1 aromatic rings. The lowest BCUT2D eigenvalue weighted by Gasteiger charge is -2.04. The lowest BCUT2D eigenvalue weighted by atomic mass is 10.1. The Bertz CT molecular complexity index is 473. The van der Waals surface area contributed by atoms with E-state index in [1.807, 2.05) is 0 Å². The molecule has 6 heteroatoms. The van der Waals surface area contributed by atoms with E-state index in [4.69, 9.17) is 0 Å². The third-order valence-electron chi connectivity index (χ3n) is 2.04. The van der Waals surface area contributed by atoms with E-state index in [-0.39, 0.29) is 16.8 Å². The summed E-state index contributed by atoms with van der Waals surface area (Å²) in [5.74, 6) is -1.22. The molecule has 0 aromatic heterocycles. The van der Waals surface area contributed by atoms with Crippen molar-refractivity contribution in [1.82, 2.24) is 0 Å². The standard InChI is InChI=1S/C12H11NO5/c1-17-11(15)8-5-9(12(16)18-2)7-10(6-8)13-3-4-14/h3-7H,1-2H3. The van der Waals surface area contributed by atoms with Crippen LogP contribution in [0.5, 0.6) is 0 Å². The molecule has 0 N–H and O–H groups in total. The summed E-state index contributed by atoms with van der Waals surface area (Å²) < 4.78 is 9.10. The molecule has 94 valence electrons. The summed E-state index contributed by atoms with van der Waals surface area (Å²) in [6.07, 6.45) is 1.50. The topological polar surface area (TPSA) is 82.0 Å². The van der Waals surface area contributed by atoms with Crippen LogP contribution in [0.4, 0.5) is 5.69 Å². The number of hydrogen-bond acceptors (Lipinski definition) is 6. The molecule has 0 spiro atoms. The second-order valence-electron chi connectivity index (χ2n) is 3.17. The zero-order chi connectivity index (χ0) is 13.5. The largest absolute Gasteiger partial charge is 0.465 e. The fraction of sp³-hybridized carbons (Fsp3) is 0.167. The normalized spacial score (nSPS) is 10.1. The monoisotopic (exact) mass is 249 g/mol. The number of rotatable bonds is 4. The molecule has 6 nitrogen and oxygen atoms in total. The number of nitrogens with zero attached hydrogens (tertiary/aromatic N) is 1. The fourth-order valence-corrected chi connectivity index (χ4v) is 1.27. The Morgan fingerprint density at radius 2 is 1.56 bits per heavy atom. The van der Waals surface area contributed by atoms with Crippen LogP contribution in [0, 0.1) is 0 Å². The summed E-state index contributed by atoms with van der Waals surface area (Å²) in [7, 11) is 2.45. The molecule has 0 aliphatic carbocycles. The first kappa shape index (κ1) is 13.6. The van der Waals surface area contributed by atoms with E-state index in [2.05, 4.69) is 14.5 Å². The van der Waals surface area contributed by atoms with Crippen LogP contribution in [-0.4, -0.2) is 38.7 Å². The number of carbonyl (C=O) groups is 3. The van der Waals surface area contributed by atoms with Crippen LogP contribution in [0.25, 0.3) is 0 Å². The zero-order valence-corrected chi connectivity index (χ0v) is 9.88. The number of aliphatic imine (C=N–C) groups is 1. The molecule has 0 heterocycles. The van der Waals surface area contributed by atoms with E-state index < -0.39 is 11.9 Å². The van der Waals surface area contributed by atoms with Crippen LogP contribution in [0.1, 0.15) is 20.7 Å². The van der Waals surface area contributed by atoms with E-state index in [1.165, 1.54) is 32.4 Å². The van der Waals surface area contributed by atoms with Gasteiger partial charge in [-0.15, -0.1) is 0 Å². The second kappa shape index (κ2) is 6.29. The minimum absolute atomic E-state index is 0.151. The van der Waals surface area contributed by atoms with E-state index in [0.29, 0.717) is 6.29 Å². The van der Waals surface area contributed by atoms with Gasteiger partial charge < -0.3 is 9.47 Å². The zero-order valence-electron chi connectivity index (χ0n) is 9.88. The van der Waals surface area contributed by atoms with Gasteiger partial charge in [-0.25, -0.2) is 9.59 Å². The molecular formula is C12H11NO5. The quantitative estimate of drug-likeness (QED) is 0.454. The minimum Gasteiger partial charge on any atom is -0.465 e. The smallest absolute Gasteiger partial charge is 0.337 e. The van der Waals surface area contributed by atoms with Crippen molar-refractivity contribution >= 4 is 30.1 Å². The molecule has 0 fully saturated rings. The maximum atomic E-state index is 11.4. The molecule has 0 aliphatic rings. The number of benzene rings is 1. The first-order chi connectivity index (χ1) is 8.62. The maximum absolute atomic E-state index is 11.4. The van der Waals surface area contributed by atoms with Gasteiger partial charge in [0.2, 0.25) is 0 Å². The summed E-state index contributed by atoms with van der Waals surface area (Å²) in [5.41, 5.74) is 0.585. The summed E-state index contributed by atoms with van der Waals surface area (Å²) in [6.45, 7) is 0. The Kier molecular flexibility index (Phi) is 4.74. The number of esters is 2. The first-order valence-electron chi connectivity index (χ1n) is 4.92. The summed E-state index contributed by atoms with van der Waals surface area (Å²) in [6, 6.07) is 4.13. The van der Waals surface area contributed by atoms with Gasteiger partial charge in [-0.05, 0) is 18.2 Å². The molecule has 0 atom stereocenters. The second-order valence-corrected chi connectivity index (χ2v) is 3.17. The van der Waals surface area contributed by atoms with Crippen molar-refractivity contribution in [2.45, 2.75) is 0 Å².